The Morgan fingerprint density at radius 1 is 1.04 bits per heavy atom. The largest absolute Gasteiger partial charge is 0.379 e. The predicted octanol–water partition coefficient (Wildman–Crippen LogP) is 3.01. The van der Waals surface area contributed by atoms with E-state index in [1.54, 1.807) is 0 Å². The van der Waals surface area contributed by atoms with E-state index in [1.807, 2.05) is 18.3 Å². The van der Waals surface area contributed by atoms with Gasteiger partial charge < -0.3 is 9.30 Å². The lowest BCUT2D eigenvalue weighted by atomic mass is 10.1. The molecule has 0 radical (unpaired) electrons. The highest BCUT2D eigenvalue weighted by molar-refractivity contribution is 5.16. The highest BCUT2D eigenvalue weighted by Gasteiger charge is 2.22. The maximum absolute atomic E-state index is 5.60. The zero-order valence-corrected chi connectivity index (χ0v) is 15.7. The average Bonchev–Trinajstić information content (AvgIpc) is 2.94. The van der Waals surface area contributed by atoms with Gasteiger partial charge in [-0.15, -0.1) is 10.2 Å². The van der Waals surface area contributed by atoms with E-state index < -0.39 is 0 Å². The third-order valence-corrected chi connectivity index (χ3v) is 5.07. The van der Waals surface area contributed by atoms with Gasteiger partial charge in [0.25, 0.3) is 0 Å². The van der Waals surface area contributed by atoms with E-state index in [0.717, 1.165) is 50.0 Å². The molecule has 1 aliphatic heterocycles. The van der Waals surface area contributed by atoms with E-state index in [9.17, 15) is 0 Å². The Labute approximate surface area is 159 Å². The summed E-state index contributed by atoms with van der Waals surface area (Å²) in [6.45, 7) is 6.00. The van der Waals surface area contributed by atoms with E-state index in [2.05, 4.69) is 68.0 Å². The molecule has 0 bridgehead atoms. The van der Waals surface area contributed by atoms with Gasteiger partial charge in [-0.1, -0.05) is 36.4 Å². The van der Waals surface area contributed by atoms with Gasteiger partial charge in [0.1, 0.15) is 11.6 Å². The molecule has 1 unspecified atom stereocenters. The van der Waals surface area contributed by atoms with Crippen LogP contribution in [0, 0.1) is 0 Å². The van der Waals surface area contributed by atoms with Crippen molar-refractivity contribution in [3.63, 3.8) is 0 Å². The van der Waals surface area contributed by atoms with Gasteiger partial charge in [-0.05, 0) is 24.6 Å². The van der Waals surface area contributed by atoms with Gasteiger partial charge in [-0.2, -0.15) is 0 Å². The lowest BCUT2D eigenvalue weighted by molar-refractivity contribution is 0.137. The Morgan fingerprint density at radius 2 is 1.89 bits per heavy atom. The second kappa shape index (κ2) is 8.41. The number of hydrogen-bond acceptors (Lipinski definition) is 5. The maximum Gasteiger partial charge on any atom is 0.147 e. The van der Waals surface area contributed by atoms with Crippen molar-refractivity contribution in [2.75, 3.05) is 13.2 Å². The van der Waals surface area contributed by atoms with Gasteiger partial charge in [-0.25, -0.2) is 0 Å². The molecule has 140 valence electrons. The van der Waals surface area contributed by atoms with Crippen molar-refractivity contribution in [3.05, 3.63) is 77.6 Å². The number of pyridine rings is 1. The first-order valence-corrected chi connectivity index (χ1v) is 9.49. The highest BCUT2D eigenvalue weighted by Crippen LogP contribution is 2.23. The quantitative estimate of drug-likeness (QED) is 0.674. The van der Waals surface area contributed by atoms with Crippen molar-refractivity contribution in [1.82, 2.24) is 24.6 Å². The number of hydrogen-bond donors (Lipinski definition) is 0. The topological polar surface area (TPSA) is 56.1 Å². The summed E-state index contributed by atoms with van der Waals surface area (Å²) in [5.41, 5.74) is 2.34. The van der Waals surface area contributed by atoms with Crippen LogP contribution >= 0.6 is 0 Å². The Morgan fingerprint density at radius 3 is 2.70 bits per heavy atom. The monoisotopic (exact) mass is 363 g/mol. The molecule has 6 nitrogen and oxygen atoms in total. The van der Waals surface area contributed by atoms with Crippen LogP contribution in [0.25, 0.3) is 0 Å². The number of fused-ring (bicyclic) bond motifs is 1. The minimum atomic E-state index is 0.168. The van der Waals surface area contributed by atoms with Gasteiger partial charge in [0.2, 0.25) is 0 Å². The van der Waals surface area contributed by atoms with Crippen LogP contribution in [0.1, 0.15) is 35.9 Å². The summed E-state index contributed by atoms with van der Waals surface area (Å²) in [6.07, 6.45) is 2.68. The number of nitrogens with zero attached hydrogens (tertiary/aromatic N) is 5. The summed E-state index contributed by atoms with van der Waals surface area (Å²) >= 11 is 0. The van der Waals surface area contributed by atoms with E-state index in [4.69, 9.17) is 4.74 Å². The zero-order valence-electron chi connectivity index (χ0n) is 15.7. The molecule has 0 N–H and O–H groups in total. The fourth-order valence-electron chi connectivity index (χ4n) is 3.49. The summed E-state index contributed by atoms with van der Waals surface area (Å²) in [5.74, 6) is 2.02. The van der Waals surface area contributed by atoms with E-state index in [1.165, 1.54) is 5.56 Å². The molecular weight excluding hydrogens is 338 g/mol. The first kappa shape index (κ1) is 17.8. The second-order valence-electron chi connectivity index (χ2n) is 6.87. The SMILES string of the molecule is CC(c1ccccn1)N(Cc1ccccc1)Cc1nnc2n1CCOCC2. The fourth-order valence-corrected chi connectivity index (χ4v) is 3.49. The third-order valence-electron chi connectivity index (χ3n) is 5.07. The minimum absolute atomic E-state index is 0.168. The number of benzene rings is 1. The highest BCUT2D eigenvalue weighted by atomic mass is 16.5. The van der Waals surface area contributed by atoms with E-state index in [-0.39, 0.29) is 6.04 Å². The van der Waals surface area contributed by atoms with Crippen LogP contribution in [0.15, 0.2) is 54.7 Å². The molecule has 6 heteroatoms. The summed E-state index contributed by atoms with van der Waals surface area (Å²) in [6, 6.07) is 16.8. The van der Waals surface area contributed by atoms with Crippen molar-refractivity contribution in [2.45, 2.75) is 39.0 Å². The Kier molecular flexibility index (Phi) is 5.55. The standard InChI is InChI=1S/C21H25N5O/c1-17(19-9-5-6-11-22-19)25(15-18-7-3-2-4-8-18)16-21-24-23-20-10-13-27-14-12-26(20)21/h2-9,11,17H,10,12-16H2,1H3. The molecule has 0 fully saturated rings. The normalized spacial score (nSPS) is 15.3. The first-order valence-electron chi connectivity index (χ1n) is 9.49. The van der Waals surface area contributed by atoms with Crippen molar-refractivity contribution in [3.8, 4) is 0 Å². The predicted molar refractivity (Wildman–Crippen MR) is 103 cm³/mol. The van der Waals surface area contributed by atoms with Crippen LogP contribution in [-0.2, 0) is 30.8 Å². The molecule has 1 atom stereocenters. The van der Waals surface area contributed by atoms with Gasteiger partial charge in [0, 0.05) is 25.7 Å². The molecule has 0 aliphatic carbocycles. The molecule has 1 aromatic carbocycles. The fraction of sp³-hybridized carbons (Fsp3) is 0.381. The van der Waals surface area contributed by atoms with E-state index in [0.29, 0.717) is 6.61 Å². The Bertz CT molecular complexity index is 850. The van der Waals surface area contributed by atoms with Crippen molar-refractivity contribution < 1.29 is 4.74 Å². The lowest BCUT2D eigenvalue weighted by Crippen LogP contribution is -2.28. The smallest absolute Gasteiger partial charge is 0.147 e. The van der Waals surface area contributed by atoms with E-state index >= 15 is 0 Å². The van der Waals surface area contributed by atoms with Crippen LogP contribution in [0.5, 0.6) is 0 Å². The molecule has 2 aromatic heterocycles. The average molecular weight is 363 g/mol. The molecule has 27 heavy (non-hydrogen) atoms. The van der Waals surface area contributed by atoms with Crippen molar-refractivity contribution >= 4 is 0 Å². The van der Waals surface area contributed by atoms with Crippen molar-refractivity contribution in [1.29, 1.82) is 0 Å². The van der Waals surface area contributed by atoms with Gasteiger partial charge in [0.15, 0.2) is 0 Å². The molecule has 0 saturated carbocycles. The van der Waals surface area contributed by atoms with Crippen LogP contribution in [-0.4, -0.2) is 37.9 Å². The first-order chi connectivity index (χ1) is 13.3. The minimum Gasteiger partial charge on any atom is -0.379 e. The molecule has 0 saturated heterocycles. The molecule has 0 spiro atoms. The molecule has 1 aliphatic rings. The number of ether oxygens (including phenoxy) is 1. The van der Waals surface area contributed by atoms with Crippen LogP contribution in [0.4, 0.5) is 0 Å². The lowest BCUT2D eigenvalue weighted by Gasteiger charge is -2.28. The molecular formula is C21H25N5O. The molecule has 4 rings (SSSR count). The summed E-state index contributed by atoms with van der Waals surface area (Å²) in [7, 11) is 0. The summed E-state index contributed by atoms with van der Waals surface area (Å²) in [4.78, 5) is 6.97. The second-order valence-corrected chi connectivity index (χ2v) is 6.87. The van der Waals surface area contributed by atoms with Crippen LogP contribution in [0.3, 0.4) is 0 Å². The van der Waals surface area contributed by atoms with Gasteiger partial charge in [-0.3, -0.25) is 9.88 Å². The van der Waals surface area contributed by atoms with Crippen LogP contribution < -0.4 is 0 Å². The maximum atomic E-state index is 5.60. The summed E-state index contributed by atoms with van der Waals surface area (Å²) < 4.78 is 7.81. The number of aromatic nitrogens is 4. The van der Waals surface area contributed by atoms with Gasteiger partial charge in [0.05, 0.1) is 31.5 Å². The summed E-state index contributed by atoms with van der Waals surface area (Å²) in [5, 5.41) is 8.89. The molecule has 3 heterocycles. The van der Waals surface area contributed by atoms with Crippen LogP contribution in [0.2, 0.25) is 0 Å². The Hall–Kier alpha value is -2.57. The zero-order chi connectivity index (χ0) is 18.5. The Balaban J connectivity index is 1.61. The molecule has 0 amide bonds. The number of rotatable bonds is 6. The third kappa shape index (κ3) is 4.23. The van der Waals surface area contributed by atoms with Gasteiger partial charge >= 0.3 is 0 Å². The molecule has 3 aromatic rings. The van der Waals surface area contributed by atoms with Crippen molar-refractivity contribution in [2.24, 2.45) is 0 Å².